The fraction of sp³-hybridized carbons (Fsp3) is 0.500. The van der Waals surface area contributed by atoms with Crippen LogP contribution >= 0.6 is 0 Å². The fourth-order valence-corrected chi connectivity index (χ4v) is 3.17. The van der Waals surface area contributed by atoms with Crippen LogP contribution in [-0.2, 0) is 34.3 Å². The number of carboxylic acids is 2. The molecule has 2 aromatic heterocycles. The Morgan fingerprint density at radius 2 is 1.66 bits per heavy atom. The van der Waals surface area contributed by atoms with Gasteiger partial charge in [0.05, 0.1) is 12.3 Å². The minimum Gasteiger partial charge on any atom is -0.475 e. The van der Waals surface area contributed by atoms with E-state index >= 15 is 0 Å². The summed E-state index contributed by atoms with van der Waals surface area (Å²) in [6.07, 6.45) is -0.00870. The van der Waals surface area contributed by atoms with E-state index in [4.69, 9.17) is 24.5 Å². The van der Waals surface area contributed by atoms with Crippen LogP contribution in [0.1, 0.15) is 17.5 Å². The van der Waals surface area contributed by atoms with E-state index in [1.165, 1.54) is 11.1 Å². The van der Waals surface area contributed by atoms with Crippen molar-refractivity contribution in [3.05, 3.63) is 48.0 Å². The molecule has 0 unspecified atom stereocenters. The minimum absolute atomic E-state index is 0.293. The van der Waals surface area contributed by atoms with E-state index < -0.39 is 24.3 Å². The molecule has 0 radical (unpaired) electrons. The zero-order valence-corrected chi connectivity index (χ0v) is 18.6. The molecule has 0 amide bonds. The molecule has 0 bridgehead atoms. The lowest BCUT2D eigenvalue weighted by Crippen LogP contribution is -2.37. The van der Waals surface area contributed by atoms with E-state index in [9.17, 15) is 26.3 Å². The Morgan fingerprint density at radius 3 is 2.06 bits per heavy atom. The van der Waals surface area contributed by atoms with Crippen molar-refractivity contribution in [3.63, 3.8) is 0 Å². The molecular formula is C20H24F6N4O5. The molecule has 35 heavy (non-hydrogen) atoms. The third-order valence-electron chi connectivity index (χ3n) is 4.70. The van der Waals surface area contributed by atoms with E-state index in [-0.39, 0.29) is 0 Å². The van der Waals surface area contributed by atoms with Crippen molar-refractivity contribution < 1.29 is 50.9 Å². The van der Waals surface area contributed by atoms with Crippen LogP contribution in [0.25, 0.3) is 0 Å². The highest BCUT2D eigenvalue weighted by Gasteiger charge is 2.39. The van der Waals surface area contributed by atoms with Crippen molar-refractivity contribution in [2.75, 3.05) is 13.7 Å². The summed E-state index contributed by atoms with van der Waals surface area (Å²) in [6, 6.07) is 4.54. The Labute approximate surface area is 195 Å². The summed E-state index contributed by atoms with van der Waals surface area (Å²) in [4.78, 5) is 24.5. The standard InChI is InChI=1S/C16H22N4O.2C2HF3O2/c1-19-11-14(10-18-19)12-20-7-5-16(21-2)15(20)8-13-4-3-6-17-9-13;2*3-2(4,5)1(6)7/h3-4,6,9-11,15-16H,5,7-8,12H2,1-2H3;2*(H,6,7)/t15-,16+;;/m0../s1. The number of carbonyl (C=O) groups is 2. The topological polar surface area (TPSA) is 118 Å². The monoisotopic (exact) mass is 514 g/mol. The number of pyridine rings is 1. The summed E-state index contributed by atoms with van der Waals surface area (Å²) >= 11 is 0. The highest BCUT2D eigenvalue weighted by atomic mass is 19.4. The highest BCUT2D eigenvalue weighted by molar-refractivity contribution is 5.73. The number of nitrogens with zero attached hydrogens (tertiary/aromatic N) is 4. The van der Waals surface area contributed by atoms with Gasteiger partial charge in [-0.3, -0.25) is 14.6 Å². The van der Waals surface area contributed by atoms with Gasteiger partial charge in [0.25, 0.3) is 0 Å². The number of hydrogen-bond acceptors (Lipinski definition) is 6. The lowest BCUT2D eigenvalue weighted by Gasteiger charge is -2.27. The summed E-state index contributed by atoms with van der Waals surface area (Å²) in [6.45, 7) is 2.00. The maximum atomic E-state index is 10.6. The van der Waals surface area contributed by atoms with Crippen LogP contribution in [0.4, 0.5) is 26.3 Å². The second-order valence-corrected chi connectivity index (χ2v) is 7.29. The van der Waals surface area contributed by atoms with Gasteiger partial charge in [0, 0.05) is 57.4 Å². The Morgan fingerprint density at radius 1 is 1.09 bits per heavy atom. The van der Waals surface area contributed by atoms with Crippen LogP contribution < -0.4 is 0 Å². The molecule has 1 aliphatic heterocycles. The number of carboxylic acid groups (broad SMARTS) is 2. The smallest absolute Gasteiger partial charge is 0.475 e. The number of aliphatic carboxylic acids is 2. The van der Waals surface area contributed by atoms with Crippen LogP contribution in [-0.4, -0.2) is 80.0 Å². The van der Waals surface area contributed by atoms with Crippen LogP contribution in [0.5, 0.6) is 0 Å². The second kappa shape index (κ2) is 13.0. The quantitative estimate of drug-likeness (QED) is 0.585. The van der Waals surface area contributed by atoms with Gasteiger partial charge in [0.15, 0.2) is 0 Å². The van der Waals surface area contributed by atoms with Crippen molar-refractivity contribution in [1.29, 1.82) is 0 Å². The number of ether oxygens (including phenoxy) is 1. The number of alkyl halides is 6. The molecule has 3 heterocycles. The van der Waals surface area contributed by atoms with Gasteiger partial charge in [-0.2, -0.15) is 31.4 Å². The second-order valence-electron chi connectivity index (χ2n) is 7.29. The zero-order valence-electron chi connectivity index (χ0n) is 18.6. The SMILES string of the molecule is CO[C@@H]1CCN(Cc2cnn(C)c2)[C@H]1Cc1cccnc1.O=C(O)C(F)(F)F.O=C(O)C(F)(F)F. The summed E-state index contributed by atoms with van der Waals surface area (Å²) in [5, 5.41) is 18.5. The third kappa shape index (κ3) is 10.7. The Bertz CT molecular complexity index is 912. The molecular weight excluding hydrogens is 490 g/mol. The maximum Gasteiger partial charge on any atom is 0.490 e. The van der Waals surface area contributed by atoms with E-state index in [1.807, 2.05) is 43.5 Å². The molecule has 15 heteroatoms. The van der Waals surface area contributed by atoms with E-state index in [2.05, 4.69) is 27.2 Å². The first-order valence-corrected chi connectivity index (χ1v) is 9.88. The Balaban J connectivity index is 0.000000362. The number of aromatic nitrogens is 3. The number of halogens is 6. The molecule has 9 nitrogen and oxygen atoms in total. The van der Waals surface area contributed by atoms with Crippen LogP contribution in [0.2, 0.25) is 0 Å². The van der Waals surface area contributed by atoms with Gasteiger partial charge >= 0.3 is 24.3 Å². The number of aryl methyl sites for hydroxylation is 1. The lowest BCUT2D eigenvalue weighted by atomic mass is 10.0. The molecule has 0 aromatic carbocycles. The van der Waals surface area contributed by atoms with Crippen LogP contribution in [0.3, 0.4) is 0 Å². The Kier molecular flexibility index (Phi) is 11.1. The fourth-order valence-electron chi connectivity index (χ4n) is 3.17. The van der Waals surface area contributed by atoms with Crippen LogP contribution in [0, 0.1) is 0 Å². The van der Waals surface area contributed by atoms with Crippen molar-refractivity contribution in [2.24, 2.45) is 7.05 Å². The van der Waals surface area contributed by atoms with Gasteiger partial charge < -0.3 is 14.9 Å². The molecule has 1 aliphatic rings. The number of likely N-dealkylation sites (tertiary alicyclic amines) is 1. The third-order valence-corrected chi connectivity index (χ3v) is 4.70. The molecule has 1 saturated heterocycles. The molecule has 2 atom stereocenters. The first kappa shape index (κ1) is 29.8. The average Bonchev–Trinajstić information content (AvgIpc) is 3.34. The van der Waals surface area contributed by atoms with Gasteiger partial charge in [0.2, 0.25) is 0 Å². The van der Waals surface area contributed by atoms with Gasteiger partial charge in [-0.15, -0.1) is 0 Å². The lowest BCUT2D eigenvalue weighted by molar-refractivity contribution is -0.193. The first-order chi connectivity index (χ1) is 16.1. The summed E-state index contributed by atoms with van der Waals surface area (Å²) in [5.41, 5.74) is 2.52. The van der Waals surface area contributed by atoms with E-state index in [1.54, 1.807) is 0 Å². The molecule has 3 rings (SSSR count). The predicted molar refractivity (Wildman–Crippen MR) is 108 cm³/mol. The molecule has 196 valence electrons. The van der Waals surface area contributed by atoms with Crippen molar-refractivity contribution >= 4 is 11.9 Å². The number of methoxy groups -OCH3 is 1. The molecule has 2 aromatic rings. The van der Waals surface area contributed by atoms with Crippen molar-refractivity contribution in [3.8, 4) is 0 Å². The van der Waals surface area contributed by atoms with Gasteiger partial charge in [0.1, 0.15) is 0 Å². The normalized spacial score (nSPS) is 18.2. The zero-order chi connectivity index (χ0) is 26.8. The van der Waals surface area contributed by atoms with Gasteiger partial charge in [-0.1, -0.05) is 6.07 Å². The van der Waals surface area contributed by atoms with Crippen molar-refractivity contribution in [2.45, 2.75) is 43.9 Å². The highest BCUT2D eigenvalue weighted by Crippen LogP contribution is 2.25. The Hall–Kier alpha value is -3.20. The number of rotatable bonds is 5. The van der Waals surface area contributed by atoms with Crippen LogP contribution in [0.15, 0.2) is 36.9 Å². The largest absolute Gasteiger partial charge is 0.490 e. The van der Waals surface area contributed by atoms with E-state index in [0.717, 1.165) is 25.9 Å². The van der Waals surface area contributed by atoms with Crippen molar-refractivity contribution in [1.82, 2.24) is 19.7 Å². The summed E-state index contributed by atoms with van der Waals surface area (Å²) < 4.78 is 71.0. The number of hydrogen-bond donors (Lipinski definition) is 2. The molecule has 0 saturated carbocycles. The average molecular weight is 514 g/mol. The minimum atomic E-state index is -5.08. The molecule has 1 fully saturated rings. The maximum absolute atomic E-state index is 10.6. The molecule has 2 N–H and O–H groups in total. The van der Waals surface area contributed by atoms with E-state index in [0.29, 0.717) is 12.1 Å². The molecule has 0 spiro atoms. The predicted octanol–water partition coefficient (Wildman–Crippen LogP) is 2.91. The first-order valence-electron chi connectivity index (χ1n) is 9.88. The van der Waals surface area contributed by atoms with Gasteiger partial charge in [-0.05, 0) is 24.5 Å². The summed E-state index contributed by atoms with van der Waals surface area (Å²) in [7, 11) is 3.77. The summed E-state index contributed by atoms with van der Waals surface area (Å²) in [5.74, 6) is -5.51. The molecule has 0 aliphatic carbocycles. The van der Waals surface area contributed by atoms with Gasteiger partial charge in [-0.25, -0.2) is 9.59 Å².